The number of rotatable bonds is 6. The molecule has 0 saturated carbocycles. The second-order valence-corrected chi connectivity index (χ2v) is 6.91. The fourth-order valence-electron chi connectivity index (χ4n) is 3.22. The topological polar surface area (TPSA) is 71.8 Å². The van der Waals surface area contributed by atoms with Crippen LogP contribution in [0.2, 0.25) is 0 Å². The number of likely N-dealkylation sites (tertiary alicyclic amines) is 1. The molecule has 0 radical (unpaired) electrons. The lowest BCUT2D eigenvalue weighted by Gasteiger charge is -2.31. The average molecular weight is 370 g/mol. The van der Waals surface area contributed by atoms with Gasteiger partial charge in [0.05, 0.1) is 19.3 Å². The Labute approximate surface area is 159 Å². The monoisotopic (exact) mass is 370 g/mol. The standard InChI is InChI=1S/C21H26N2O4/c1-15-5-3-6-18(16(15)2)27-14-10-20(24)22-17-8-11-23(12-9-17)21(25)19-7-4-13-26-19/h3-7,13,17H,8-12,14H2,1-2H3,(H,22,24). The number of carbonyl (C=O) groups excluding carboxylic acids is 2. The zero-order valence-corrected chi connectivity index (χ0v) is 15.9. The molecule has 1 fully saturated rings. The normalized spacial score (nSPS) is 14.8. The Bertz CT molecular complexity index is 777. The van der Waals surface area contributed by atoms with E-state index in [1.165, 1.54) is 11.8 Å². The summed E-state index contributed by atoms with van der Waals surface area (Å²) in [6.07, 6.45) is 3.31. The van der Waals surface area contributed by atoms with Crippen molar-refractivity contribution in [3.8, 4) is 5.75 Å². The van der Waals surface area contributed by atoms with Gasteiger partial charge < -0.3 is 19.4 Å². The number of hydrogen-bond donors (Lipinski definition) is 1. The number of amides is 2. The number of nitrogens with one attached hydrogen (secondary N) is 1. The van der Waals surface area contributed by atoms with Crippen LogP contribution in [0.3, 0.4) is 0 Å². The highest BCUT2D eigenvalue weighted by molar-refractivity contribution is 5.91. The first-order chi connectivity index (χ1) is 13.0. The van der Waals surface area contributed by atoms with Crippen molar-refractivity contribution >= 4 is 11.8 Å². The molecule has 0 atom stereocenters. The fraction of sp³-hybridized carbons (Fsp3) is 0.429. The van der Waals surface area contributed by atoms with Gasteiger partial charge in [0.2, 0.25) is 5.91 Å². The molecule has 6 nitrogen and oxygen atoms in total. The van der Waals surface area contributed by atoms with E-state index in [1.807, 2.05) is 32.0 Å². The van der Waals surface area contributed by atoms with Gasteiger partial charge in [0.1, 0.15) is 5.75 Å². The first-order valence-corrected chi connectivity index (χ1v) is 9.36. The van der Waals surface area contributed by atoms with E-state index < -0.39 is 0 Å². The Hall–Kier alpha value is -2.76. The molecule has 3 rings (SSSR count). The number of piperidine rings is 1. The SMILES string of the molecule is Cc1cccc(OCCC(=O)NC2CCN(C(=O)c3ccco3)CC2)c1C. The van der Waals surface area contributed by atoms with Crippen molar-refractivity contribution in [2.45, 2.75) is 39.2 Å². The molecule has 27 heavy (non-hydrogen) atoms. The predicted molar refractivity (Wildman–Crippen MR) is 102 cm³/mol. The van der Waals surface area contributed by atoms with Crippen molar-refractivity contribution in [3.63, 3.8) is 0 Å². The van der Waals surface area contributed by atoms with Crippen LogP contribution in [-0.2, 0) is 4.79 Å². The van der Waals surface area contributed by atoms with Crippen molar-refractivity contribution < 1.29 is 18.7 Å². The van der Waals surface area contributed by atoms with Gasteiger partial charge in [-0.3, -0.25) is 9.59 Å². The van der Waals surface area contributed by atoms with E-state index in [1.54, 1.807) is 17.0 Å². The summed E-state index contributed by atoms with van der Waals surface area (Å²) in [4.78, 5) is 26.2. The number of benzene rings is 1. The maximum atomic E-state index is 12.2. The highest BCUT2D eigenvalue weighted by Gasteiger charge is 2.25. The lowest BCUT2D eigenvalue weighted by molar-refractivity contribution is -0.122. The number of carbonyl (C=O) groups is 2. The van der Waals surface area contributed by atoms with Gasteiger partial charge in [0.15, 0.2) is 5.76 Å². The zero-order valence-electron chi connectivity index (χ0n) is 15.9. The summed E-state index contributed by atoms with van der Waals surface area (Å²) in [5.74, 6) is 1.08. The van der Waals surface area contributed by atoms with E-state index in [2.05, 4.69) is 5.32 Å². The molecule has 1 aromatic heterocycles. The van der Waals surface area contributed by atoms with Gasteiger partial charge in [-0.25, -0.2) is 0 Å². The molecule has 6 heteroatoms. The van der Waals surface area contributed by atoms with Crippen LogP contribution in [0.4, 0.5) is 0 Å². The quantitative estimate of drug-likeness (QED) is 0.848. The van der Waals surface area contributed by atoms with Gasteiger partial charge in [-0.15, -0.1) is 0 Å². The third-order valence-corrected chi connectivity index (χ3v) is 5.02. The summed E-state index contributed by atoms with van der Waals surface area (Å²) in [5.41, 5.74) is 2.28. The Balaban J connectivity index is 1.38. The van der Waals surface area contributed by atoms with Gasteiger partial charge in [-0.2, -0.15) is 0 Å². The summed E-state index contributed by atoms with van der Waals surface area (Å²) in [7, 11) is 0. The van der Waals surface area contributed by atoms with Crippen LogP contribution >= 0.6 is 0 Å². The predicted octanol–water partition coefficient (Wildman–Crippen LogP) is 3.09. The Morgan fingerprint density at radius 1 is 1.19 bits per heavy atom. The van der Waals surface area contributed by atoms with Crippen LogP contribution in [0.1, 0.15) is 40.9 Å². The summed E-state index contributed by atoms with van der Waals surface area (Å²) in [5, 5.41) is 3.05. The third-order valence-electron chi connectivity index (χ3n) is 5.02. The molecule has 0 spiro atoms. The highest BCUT2D eigenvalue weighted by Crippen LogP contribution is 2.20. The van der Waals surface area contributed by atoms with Gasteiger partial charge in [0.25, 0.3) is 5.91 Å². The highest BCUT2D eigenvalue weighted by atomic mass is 16.5. The van der Waals surface area contributed by atoms with Crippen molar-refractivity contribution in [2.75, 3.05) is 19.7 Å². The van der Waals surface area contributed by atoms with Crippen molar-refractivity contribution in [1.82, 2.24) is 10.2 Å². The molecule has 2 aromatic rings. The lowest BCUT2D eigenvalue weighted by Crippen LogP contribution is -2.46. The van der Waals surface area contributed by atoms with Gasteiger partial charge in [-0.1, -0.05) is 12.1 Å². The molecule has 144 valence electrons. The minimum atomic E-state index is -0.0910. The first-order valence-electron chi connectivity index (χ1n) is 9.36. The minimum absolute atomic E-state index is 0.0175. The maximum absolute atomic E-state index is 12.2. The number of nitrogens with zero attached hydrogens (tertiary/aromatic N) is 1. The average Bonchev–Trinajstić information content (AvgIpc) is 3.20. The Kier molecular flexibility index (Phi) is 6.16. The van der Waals surface area contributed by atoms with E-state index in [4.69, 9.17) is 9.15 Å². The third kappa shape index (κ3) is 4.90. The molecule has 0 unspecified atom stereocenters. The van der Waals surface area contributed by atoms with Crippen molar-refractivity contribution in [2.24, 2.45) is 0 Å². The molecular weight excluding hydrogens is 344 g/mol. The Morgan fingerprint density at radius 2 is 1.96 bits per heavy atom. The smallest absolute Gasteiger partial charge is 0.289 e. The second-order valence-electron chi connectivity index (χ2n) is 6.91. The molecule has 0 aliphatic carbocycles. The van der Waals surface area contributed by atoms with E-state index in [9.17, 15) is 9.59 Å². The first kappa shape index (κ1) is 19.0. The molecule has 1 saturated heterocycles. The number of furan rings is 1. The largest absolute Gasteiger partial charge is 0.493 e. The van der Waals surface area contributed by atoms with E-state index in [0.717, 1.165) is 24.2 Å². The maximum Gasteiger partial charge on any atom is 0.289 e. The van der Waals surface area contributed by atoms with Gasteiger partial charge in [0, 0.05) is 19.1 Å². The zero-order chi connectivity index (χ0) is 19.2. The lowest BCUT2D eigenvalue weighted by atomic mass is 10.0. The van der Waals surface area contributed by atoms with Crippen LogP contribution in [0.15, 0.2) is 41.0 Å². The molecule has 2 heterocycles. The number of ether oxygens (including phenoxy) is 1. The van der Waals surface area contributed by atoms with Gasteiger partial charge in [-0.05, 0) is 56.0 Å². The summed E-state index contributed by atoms with van der Waals surface area (Å²) in [6, 6.07) is 9.39. The fourth-order valence-corrected chi connectivity index (χ4v) is 3.22. The molecule has 0 bridgehead atoms. The molecule has 1 aliphatic rings. The van der Waals surface area contributed by atoms with Crippen molar-refractivity contribution in [1.29, 1.82) is 0 Å². The minimum Gasteiger partial charge on any atom is -0.493 e. The number of hydrogen-bond acceptors (Lipinski definition) is 4. The molecule has 1 aliphatic heterocycles. The Morgan fingerprint density at radius 3 is 2.67 bits per heavy atom. The molecule has 2 amide bonds. The van der Waals surface area contributed by atoms with Crippen LogP contribution in [0.5, 0.6) is 5.75 Å². The second kappa shape index (κ2) is 8.75. The van der Waals surface area contributed by atoms with E-state index >= 15 is 0 Å². The summed E-state index contributed by atoms with van der Waals surface area (Å²) < 4.78 is 10.9. The summed E-state index contributed by atoms with van der Waals surface area (Å²) in [6.45, 7) is 5.64. The molecule has 1 aromatic carbocycles. The van der Waals surface area contributed by atoms with Crippen LogP contribution in [0, 0.1) is 13.8 Å². The van der Waals surface area contributed by atoms with Crippen LogP contribution < -0.4 is 10.1 Å². The van der Waals surface area contributed by atoms with Crippen LogP contribution in [0.25, 0.3) is 0 Å². The van der Waals surface area contributed by atoms with E-state index in [0.29, 0.717) is 31.9 Å². The van der Waals surface area contributed by atoms with Crippen molar-refractivity contribution in [3.05, 3.63) is 53.5 Å². The molecular formula is C21H26N2O4. The molecule has 1 N–H and O–H groups in total. The number of aryl methyl sites for hydroxylation is 1. The summed E-state index contributed by atoms with van der Waals surface area (Å²) >= 11 is 0. The van der Waals surface area contributed by atoms with E-state index in [-0.39, 0.29) is 17.9 Å². The van der Waals surface area contributed by atoms with Crippen LogP contribution in [-0.4, -0.2) is 42.5 Å². The van der Waals surface area contributed by atoms with Gasteiger partial charge >= 0.3 is 0 Å².